The fourth-order valence-electron chi connectivity index (χ4n) is 4.22. The van der Waals surface area contributed by atoms with E-state index >= 15 is 0 Å². The largest absolute Gasteiger partial charge is 0.487 e. The SMILES string of the molecule is Cc1cccn2cc(COc3cccc(C(=O)NCc4ccc(CN5CCOCC5)cc4)c3)nc12. The molecule has 3 heterocycles. The molecule has 180 valence electrons. The lowest BCUT2D eigenvalue weighted by Gasteiger charge is -2.26. The van der Waals surface area contributed by atoms with E-state index < -0.39 is 0 Å². The van der Waals surface area contributed by atoms with Gasteiger partial charge in [0.25, 0.3) is 5.91 Å². The number of nitrogens with one attached hydrogen (secondary N) is 1. The monoisotopic (exact) mass is 470 g/mol. The number of rotatable bonds is 8. The van der Waals surface area contributed by atoms with Crippen molar-refractivity contribution in [3.63, 3.8) is 0 Å². The molecule has 1 aliphatic rings. The Morgan fingerprint density at radius 3 is 2.66 bits per heavy atom. The number of imidazole rings is 1. The second-order valence-electron chi connectivity index (χ2n) is 8.86. The summed E-state index contributed by atoms with van der Waals surface area (Å²) in [5.74, 6) is 0.509. The number of pyridine rings is 1. The number of fused-ring (bicyclic) bond motifs is 1. The molecule has 0 unspecified atom stereocenters. The molecule has 5 rings (SSSR count). The Kier molecular flexibility index (Phi) is 7.07. The van der Waals surface area contributed by atoms with Crippen LogP contribution in [0, 0.1) is 6.92 Å². The molecule has 2 aromatic heterocycles. The lowest BCUT2D eigenvalue weighted by Crippen LogP contribution is -2.35. The molecule has 1 fully saturated rings. The number of amides is 1. The van der Waals surface area contributed by atoms with Crippen LogP contribution in [-0.4, -0.2) is 46.5 Å². The predicted molar refractivity (Wildman–Crippen MR) is 134 cm³/mol. The average molecular weight is 471 g/mol. The van der Waals surface area contributed by atoms with E-state index in [1.165, 1.54) is 5.56 Å². The second-order valence-corrected chi connectivity index (χ2v) is 8.86. The first kappa shape index (κ1) is 23.1. The normalized spacial score (nSPS) is 14.2. The second kappa shape index (κ2) is 10.7. The van der Waals surface area contributed by atoms with Gasteiger partial charge in [0, 0.05) is 44.1 Å². The van der Waals surface area contributed by atoms with E-state index in [0.717, 1.165) is 55.3 Å². The summed E-state index contributed by atoms with van der Waals surface area (Å²) >= 11 is 0. The van der Waals surface area contributed by atoms with Crippen LogP contribution in [0.4, 0.5) is 0 Å². The molecule has 7 nitrogen and oxygen atoms in total. The predicted octanol–water partition coefficient (Wildman–Crippen LogP) is 3.98. The maximum Gasteiger partial charge on any atom is 0.251 e. The molecule has 35 heavy (non-hydrogen) atoms. The summed E-state index contributed by atoms with van der Waals surface area (Å²) in [6, 6.07) is 19.7. The molecule has 0 radical (unpaired) electrons. The molecule has 0 bridgehead atoms. The molecule has 0 saturated carbocycles. The molecule has 1 N–H and O–H groups in total. The highest BCUT2D eigenvalue weighted by atomic mass is 16.5. The van der Waals surface area contributed by atoms with Gasteiger partial charge in [-0.1, -0.05) is 36.4 Å². The molecule has 2 aromatic carbocycles. The highest BCUT2D eigenvalue weighted by molar-refractivity contribution is 5.94. The lowest BCUT2D eigenvalue weighted by molar-refractivity contribution is 0.0342. The van der Waals surface area contributed by atoms with Crippen molar-refractivity contribution >= 4 is 11.6 Å². The first-order chi connectivity index (χ1) is 17.1. The molecular weight excluding hydrogens is 440 g/mol. The molecular formula is C28H30N4O3. The Hall–Kier alpha value is -3.68. The maximum atomic E-state index is 12.7. The standard InChI is InChI=1S/C28H30N4O3/c1-21-4-3-11-32-19-25(30-27(21)32)20-35-26-6-2-5-24(16-26)28(33)29-17-22-7-9-23(10-8-22)18-31-12-14-34-15-13-31/h2-11,16,19H,12-15,17-18,20H2,1H3,(H,29,33). The number of hydrogen-bond acceptors (Lipinski definition) is 5. The van der Waals surface area contributed by atoms with Gasteiger partial charge in [0.05, 0.1) is 18.9 Å². The van der Waals surface area contributed by atoms with E-state index in [-0.39, 0.29) is 5.91 Å². The van der Waals surface area contributed by atoms with Gasteiger partial charge in [-0.3, -0.25) is 9.69 Å². The summed E-state index contributed by atoms with van der Waals surface area (Å²) in [6.07, 6.45) is 3.94. The van der Waals surface area contributed by atoms with Crippen molar-refractivity contribution in [2.75, 3.05) is 26.3 Å². The highest BCUT2D eigenvalue weighted by Gasteiger charge is 2.11. The summed E-state index contributed by atoms with van der Waals surface area (Å²) in [4.78, 5) is 19.8. The van der Waals surface area contributed by atoms with Gasteiger partial charge < -0.3 is 19.2 Å². The van der Waals surface area contributed by atoms with Crippen molar-refractivity contribution in [1.82, 2.24) is 19.6 Å². The van der Waals surface area contributed by atoms with Crippen LogP contribution < -0.4 is 10.1 Å². The van der Waals surface area contributed by atoms with E-state index in [0.29, 0.717) is 24.5 Å². The zero-order valence-corrected chi connectivity index (χ0v) is 19.9. The minimum Gasteiger partial charge on any atom is -0.487 e. The number of aryl methyl sites for hydroxylation is 1. The number of carbonyl (C=O) groups excluding carboxylic acids is 1. The number of hydrogen-bond donors (Lipinski definition) is 1. The maximum absolute atomic E-state index is 12.7. The number of aromatic nitrogens is 2. The van der Waals surface area contributed by atoms with Gasteiger partial charge in [0.2, 0.25) is 0 Å². The van der Waals surface area contributed by atoms with Crippen LogP contribution >= 0.6 is 0 Å². The van der Waals surface area contributed by atoms with Crippen LogP contribution in [-0.2, 0) is 24.4 Å². The van der Waals surface area contributed by atoms with Gasteiger partial charge in [0.15, 0.2) is 0 Å². The lowest BCUT2D eigenvalue weighted by atomic mass is 10.1. The van der Waals surface area contributed by atoms with Crippen LogP contribution in [0.25, 0.3) is 5.65 Å². The van der Waals surface area contributed by atoms with Crippen molar-refractivity contribution in [3.05, 3.63) is 101 Å². The van der Waals surface area contributed by atoms with Crippen molar-refractivity contribution in [1.29, 1.82) is 0 Å². The quantitative estimate of drug-likeness (QED) is 0.422. The van der Waals surface area contributed by atoms with E-state index in [1.807, 2.05) is 48.0 Å². The summed E-state index contributed by atoms with van der Waals surface area (Å²) in [5.41, 5.74) is 5.78. The average Bonchev–Trinajstić information content (AvgIpc) is 3.32. The Balaban J connectivity index is 1.14. The minimum atomic E-state index is -0.129. The van der Waals surface area contributed by atoms with Gasteiger partial charge in [-0.25, -0.2) is 4.98 Å². The molecule has 7 heteroatoms. The molecule has 1 saturated heterocycles. The third-order valence-electron chi connectivity index (χ3n) is 6.20. The number of carbonyl (C=O) groups is 1. The van der Waals surface area contributed by atoms with Gasteiger partial charge in [-0.15, -0.1) is 0 Å². The Bertz CT molecular complexity index is 1290. The summed E-state index contributed by atoms with van der Waals surface area (Å²) in [7, 11) is 0. The molecule has 4 aromatic rings. The van der Waals surface area contributed by atoms with Gasteiger partial charge in [0.1, 0.15) is 18.0 Å². The van der Waals surface area contributed by atoms with E-state index in [4.69, 9.17) is 9.47 Å². The first-order valence-corrected chi connectivity index (χ1v) is 12.0. The smallest absolute Gasteiger partial charge is 0.251 e. The topological polar surface area (TPSA) is 68.1 Å². The van der Waals surface area contributed by atoms with Crippen LogP contribution in [0.1, 0.15) is 32.7 Å². The van der Waals surface area contributed by atoms with Crippen molar-refractivity contribution in [3.8, 4) is 5.75 Å². The zero-order chi connectivity index (χ0) is 24.0. The summed E-state index contributed by atoms with van der Waals surface area (Å²) < 4.78 is 13.3. The molecule has 0 aliphatic carbocycles. The fourth-order valence-corrected chi connectivity index (χ4v) is 4.22. The Morgan fingerprint density at radius 2 is 1.86 bits per heavy atom. The third-order valence-corrected chi connectivity index (χ3v) is 6.20. The molecule has 1 amide bonds. The Morgan fingerprint density at radius 1 is 1.06 bits per heavy atom. The van der Waals surface area contributed by atoms with E-state index in [9.17, 15) is 4.79 Å². The summed E-state index contributed by atoms with van der Waals surface area (Å²) in [6.45, 7) is 7.32. The molecule has 0 atom stereocenters. The van der Waals surface area contributed by atoms with Crippen molar-refractivity contribution in [2.45, 2.75) is 26.6 Å². The van der Waals surface area contributed by atoms with Crippen molar-refractivity contribution in [2.24, 2.45) is 0 Å². The summed E-state index contributed by atoms with van der Waals surface area (Å²) in [5, 5.41) is 3.00. The van der Waals surface area contributed by atoms with Gasteiger partial charge >= 0.3 is 0 Å². The first-order valence-electron chi connectivity index (χ1n) is 12.0. The number of nitrogens with zero attached hydrogens (tertiary/aromatic N) is 3. The van der Waals surface area contributed by atoms with E-state index in [2.05, 4.69) is 39.5 Å². The number of benzene rings is 2. The van der Waals surface area contributed by atoms with Gasteiger partial charge in [-0.2, -0.15) is 0 Å². The fraction of sp³-hybridized carbons (Fsp3) is 0.286. The van der Waals surface area contributed by atoms with Crippen LogP contribution in [0.5, 0.6) is 5.75 Å². The van der Waals surface area contributed by atoms with Crippen LogP contribution in [0.2, 0.25) is 0 Å². The number of ether oxygens (including phenoxy) is 2. The Labute approximate surface area is 205 Å². The number of morpholine rings is 1. The minimum absolute atomic E-state index is 0.129. The van der Waals surface area contributed by atoms with E-state index in [1.54, 1.807) is 12.1 Å². The molecule has 1 aliphatic heterocycles. The highest BCUT2D eigenvalue weighted by Crippen LogP contribution is 2.17. The van der Waals surface area contributed by atoms with Crippen molar-refractivity contribution < 1.29 is 14.3 Å². The zero-order valence-electron chi connectivity index (χ0n) is 19.9. The molecule has 0 spiro atoms. The third kappa shape index (κ3) is 5.88. The van der Waals surface area contributed by atoms with Crippen LogP contribution in [0.15, 0.2) is 73.1 Å². The van der Waals surface area contributed by atoms with Crippen LogP contribution in [0.3, 0.4) is 0 Å². The van der Waals surface area contributed by atoms with Gasteiger partial charge in [-0.05, 0) is 47.9 Å².